The predicted molar refractivity (Wildman–Crippen MR) is 73.8 cm³/mol. The van der Waals surface area contributed by atoms with Crippen LogP contribution in [0, 0.1) is 0 Å². The Morgan fingerprint density at radius 2 is 2.20 bits per heavy atom. The first-order valence-corrected chi connectivity index (χ1v) is 6.29. The van der Waals surface area contributed by atoms with Crippen molar-refractivity contribution < 1.29 is 9.90 Å². The minimum Gasteiger partial charge on any atom is -0.394 e. The average Bonchev–Trinajstić information content (AvgIpc) is 2.85. The summed E-state index contributed by atoms with van der Waals surface area (Å²) in [5.74, 6) is -0.367. The van der Waals surface area contributed by atoms with Crippen molar-refractivity contribution in [3.05, 3.63) is 41.7 Å². The quantitative estimate of drug-likeness (QED) is 0.655. The third-order valence-corrected chi connectivity index (χ3v) is 2.76. The molecule has 0 fully saturated rings. The molecular formula is C13H17N5O2. The number of hydrogen-bond acceptors (Lipinski definition) is 5. The fourth-order valence-corrected chi connectivity index (χ4v) is 1.85. The lowest BCUT2D eigenvalue weighted by Gasteiger charge is -2.09. The smallest absolute Gasteiger partial charge is 0.221 e. The van der Waals surface area contributed by atoms with Crippen LogP contribution < -0.4 is 11.1 Å². The zero-order valence-electron chi connectivity index (χ0n) is 11.0. The van der Waals surface area contributed by atoms with Crippen molar-refractivity contribution in [2.24, 2.45) is 5.73 Å². The van der Waals surface area contributed by atoms with Gasteiger partial charge in [0.05, 0.1) is 32.3 Å². The standard InChI is InChI=1S/C13H17N5O2/c14-13(20)7-10-3-1-2-4-12(10)15-8-11-9-18(5-6-19)17-16-11/h1-4,9,15,19H,5-8H2,(H2,14,20). The van der Waals surface area contributed by atoms with E-state index >= 15 is 0 Å². The second kappa shape index (κ2) is 6.67. The van der Waals surface area contributed by atoms with Crippen LogP contribution in [0.15, 0.2) is 30.5 Å². The van der Waals surface area contributed by atoms with E-state index in [4.69, 9.17) is 10.8 Å². The summed E-state index contributed by atoms with van der Waals surface area (Å²) in [4.78, 5) is 11.0. The number of rotatable bonds is 7. The maximum Gasteiger partial charge on any atom is 0.221 e. The Morgan fingerprint density at radius 3 is 2.95 bits per heavy atom. The fourth-order valence-electron chi connectivity index (χ4n) is 1.85. The molecule has 1 aromatic carbocycles. The van der Waals surface area contributed by atoms with E-state index in [9.17, 15) is 4.79 Å². The Morgan fingerprint density at radius 1 is 1.40 bits per heavy atom. The summed E-state index contributed by atoms with van der Waals surface area (Å²) in [6.45, 7) is 0.935. The van der Waals surface area contributed by atoms with E-state index in [2.05, 4.69) is 15.6 Å². The molecule has 106 valence electrons. The molecule has 7 heteroatoms. The molecule has 2 aromatic rings. The number of hydrogen-bond donors (Lipinski definition) is 3. The van der Waals surface area contributed by atoms with E-state index in [-0.39, 0.29) is 18.9 Å². The topological polar surface area (TPSA) is 106 Å². The van der Waals surface area contributed by atoms with Gasteiger partial charge >= 0.3 is 0 Å². The van der Waals surface area contributed by atoms with Gasteiger partial charge in [0.25, 0.3) is 0 Å². The van der Waals surface area contributed by atoms with Crippen LogP contribution in [0.1, 0.15) is 11.3 Å². The van der Waals surface area contributed by atoms with Crippen molar-refractivity contribution in [2.45, 2.75) is 19.5 Å². The lowest BCUT2D eigenvalue weighted by atomic mass is 10.1. The highest BCUT2D eigenvalue weighted by Crippen LogP contribution is 2.16. The number of nitrogens with one attached hydrogen (secondary N) is 1. The summed E-state index contributed by atoms with van der Waals surface area (Å²) in [5.41, 5.74) is 7.68. The molecule has 0 spiro atoms. The molecule has 0 unspecified atom stereocenters. The SMILES string of the molecule is NC(=O)Cc1ccccc1NCc1cn(CCO)nn1. The van der Waals surface area contributed by atoms with Crippen LogP contribution in [0.25, 0.3) is 0 Å². The molecular weight excluding hydrogens is 258 g/mol. The van der Waals surface area contributed by atoms with Crippen LogP contribution in [-0.4, -0.2) is 32.6 Å². The first kappa shape index (κ1) is 14.0. The van der Waals surface area contributed by atoms with Gasteiger partial charge in [-0.15, -0.1) is 5.10 Å². The molecule has 20 heavy (non-hydrogen) atoms. The van der Waals surface area contributed by atoms with E-state index in [0.717, 1.165) is 16.9 Å². The number of amides is 1. The van der Waals surface area contributed by atoms with Crippen molar-refractivity contribution in [2.75, 3.05) is 11.9 Å². The second-order valence-corrected chi connectivity index (χ2v) is 4.35. The van der Waals surface area contributed by atoms with Crippen molar-refractivity contribution in [3.63, 3.8) is 0 Å². The van der Waals surface area contributed by atoms with Gasteiger partial charge in [0.1, 0.15) is 5.69 Å². The number of carbonyl (C=O) groups excluding carboxylic acids is 1. The van der Waals surface area contributed by atoms with E-state index in [0.29, 0.717) is 13.1 Å². The van der Waals surface area contributed by atoms with Gasteiger partial charge in [0.2, 0.25) is 5.91 Å². The van der Waals surface area contributed by atoms with Gasteiger partial charge in [-0.3, -0.25) is 4.79 Å². The molecule has 0 atom stereocenters. The number of benzene rings is 1. The van der Waals surface area contributed by atoms with E-state index < -0.39 is 0 Å². The van der Waals surface area contributed by atoms with E-state index in [1.54, 1.807) is 10.9 Å². The minimum absolute atomic E-state index is 0.0255. The summed E-state index contributed by atoms with van der Waals surface area (Å²) in [7, 11) is 0. The molecule has 7 nitrogen and oxygen atoms in total. The maximum absolute atomic E-state index is 11.0. The first-order valence-electron chi connectivity index (χ1n) is 6.29. The van der Waals surface area contributed by atoms with Gasteiger partial charge in [-0.25, -0.2) is 4.68 Å². The minimum atomic E-state index is -0.367. The zero-order chi connectivity index (χ0) is 14.4. The zero-order valence-corrected chi connectivity index (χ0v) is 11.0. The molecule has 1 heterocycles. The predicted octanol–water partition coefficient (Wildman–Crippen LogP) is -0.0897. The van der Waals surface area contributed by atoms with Gasteiger partial charge in [0.15, 0.2) is 0 Å². The Balaban J connectivity index is 2.00. The van der Waals surface area contributed by atoms with Gasteiger partial charge in [-0.2, -0.15) is 0 Å². The normalized spacial score (nSPS) is 10.4. The van der Waals surface area contributed by atoms with Crippen molar-refractivity contribution in [1.82, 2.24) is 15.0 Å². The summed E-state index contributed by atoms with van der Waals surface area (Å²) in [6.07, 6.45) is 1.96. The molecule has 4 N–H and O–H groups in total. The number of nitrogens with zero attached hydrogens (tertiary/aromatic N) is 3. The third kappa shape index (κ3) is 3.79. The second-order valence-electron chi connectivity index (χ2n) is 4.35. The van der Waals surface area contributed by atoms with Crippen LogP contribution in [0.3, 0.4) is 0 Å². The molecule has 0 aliphatic rings. The molecule has 0 aliphatic heterocycles. The van der Waals surface area contributed by atoms with Gasteiger partial charge in [-0.1, -0.05) is 23.4 Å². The number of anilines is 1. The van der Waals surface area contributed by atoms with E-state index in [1.807, 2.05) is 24.3 Å². The number of carbonyl (C=O) groups is 1. The summed E-state index contributed by atoms with van der Waals surface area (Å²) >= 11 is 0. The van der Waals surface area contributed by atoms with Crippen LogP contribution in [0.4, 0.5) is 5.69 Å². The number of nitrogens with two attached hydrogens (primary N) is 1. The number of para-hydroxylation sites is 1. The Kier molecular flexibility index (Phi) is 4.67. The highest BCUT2D eigenvalue weighted by molar-refractivity contribution is 5.78. The Hall–Kier alpha value is -2.41. The molecule has 0 aliphatic carbocycles. The maximum atomic E-state index is 11.0. The lowest BCUT2D eigenvalue weighted by molar-refractivity contribution is -0.117. The Bertz CT molecular complexity index is 582. The van der Waals surface area contributed by atoms with Crippen molar-refractivity contribution in [1.29, 1.82) is 0 Å². The fraction of sp³-hybridized carbons (Fsp3) is 0.308. The molecule has 2 rings (SSSR count). The summed E-state index contributed by atoms with van der Waals surface area (Å²) in [6, 6.07) is 7.49. The van der Waals surface area contributed by atoms with E-state index in [1.165, 1.54) is 0 Å². The van der Waals surface area contributed by atoms with Gasteiger partial charge in [-0.05, 0) is 11.6 Å². The van der Waals surface area contributed by atoms with Gasteiger partial charge < -0.3 is 16.2 Å². The molecule has 0 saturated heterocycles. The molecule has 1 aromatic heterocycles. The number of primary amides is 1. The van der Waals surface area contributed by atoms with Crippen LogP contribution in [0.2, 0.25) is 0 Å². The van der Waals surface area contributed by atoms with Crippen molar-refractivity contribution >= 4 is 11.6 Å². The summed E-state index contributed by atoms with van der Waals surface area (Å²) in [5, 5.41) is 19.9. The van der Waals surface area contributed by atoms with Crippen LogP contribution in [0.5, 0.6) is 0 Å². The molecule has 0 radical (unpaired) electrons. The number of aromatic nitrogens is 3. The van der Waals surface area contributed by atoms with Crippen LogP contribution in [-0.2, 0) is 24.3 Å². The van der Waals surface area contributed by atoms with Crippen LogP contribution >= 0.6 is 0 Å². The molecule has 0 bridgehead atoms. The number of aliphatic hydroxyl groups excluding tert-OH is 1. The number of aliphatic hydroxyl groups is 1. The van der Waals surface area contributed by atoms with Gasteiger partial charge in [0, 0.05) is 5.69 Å². The monoisotopic (exact) mass is 275 g/mol. The highest BCUT2D eigenvalue weighted by Gasteiger charge is 2.06. The first-order chi connectivity index (χ1) is 9.69. The average molecular weight is 275 g/mol. The molecule has 1 amide bonds. The highest BCUT2D eigenvalue weighted by atomic mass is 16.3. The molecule has 0 saturated carbocycles. The largest absolute Gasteiger partial charge is 0.394 e. The third-order valence-electron chi connectivity index (χ3n) is 2.76. The lowest BCUT2D eigenvalue weighted by Crippen LogP contribution is -2.15. The van der Waals surface area contributed by atoms with Crippen molar-refractivity contribution in [3.8, 4) is 0 Å². The summed E-state index contributed by atoms with van der Waals surface area (Å²) < 4.78 is 1.58. The Labute approximate surface area is 116 Å².